The second-order valence-electron chi connectivity index (χ2n) is 3.13. The molecule has 0 spiro atoms. The number of benzene rings is 1. The molecule has 1 heterocycles. The van der Waals surface area contributed by atoms with Crippen LogP contribution in [0, 0.1) is 3.57 Å². The third-order valence-electron chi connectivity index (χ3n) is 2.18. The van der Waals surface area contributed by atoms with Gasteiger partial charge in [-0.15, -0.1) is 0 Å². The molecule has 0 aromatic heterocycles. The van der Waals surface area contributed by atoms with Crippen LogP contribution in [0.25, 0.3) is 0 Å². The van der Waals surface area contributed by atoms with Crippen molar-refractivity contribution in [2.45, 2.75) is 0 Å². The number of fused-ring (bicyclic) bond motifs is 1. The molecule has 0 N–H and O–H groups in total. The number of aliphatic imine (C=N–C) groups is 1. The zero-order valence-corrected chi connectivity index (χ0v) is 9.85. The first-order valence-electron chi connectivity index (χ1n) is 4.24. The molecule has 72 valence electrons. The van der Waals surface area contributed by atoms with E-state index in [-0.39, 0.29) is 12.5 Å². The summed E-state index contributed by atoms with van der Waals surface area (Å²) in [5.74, 6) is 0.0289. The van der Waals surface area contributed by atoms with E-state index < -0.39 is 0 Å². The Morgan fingerprint density at radius 2 is 2.29 bits per heavy atom. The second kappa shape index (κ2) is 3.68. The summed E-state index contributed by atoms with van der Waals surface area (Å²) < 4.78 is 1.15. The maximum absolute atomic E-state index is 11.5. The predicted octanol–water partition coefficient (Wildman–Crippen LogP) is 1.69. The van der Waals surface area contributed by atoms with Crippen LogP contribution in [0.4, 0.5) is 5.69 Å². The molecule has 0 aliphatic carbocycles. The molecule has 1 aliphatic heterocycles. The Labute approximate surface area is 96.0 Å². The Morgan fingerprint density at radius 3 is 3.07 bits per heavy atom. The average molecular weight is 300 g/mol. The molecule has 4 heteroatoms. The van der Waals surface area contributed by atoms with Crippen molar-refractivity contribution in [2.24, 2.45) is 4.99 Å². The number of nitrogens with zero attached hydrogens (tertiary/aromatic N) is 2. The van der Waals surface area contributed by atoms with E-state index in [1.807, 2.05) is 18.2 Å². The maximum Gasteiger partial charge on any atom is 0.248 e. The molecule has 0 saturated carbocycles. The van der Waals surface area contributed by atoms with Gasteiger partial charge >= 0.3 is 0 Å². The van der Waals surface area contributed by atoms with Crippen LogP contribution in [-0.2, 0) is 4.79 Å². The highest BCUT2D eigenvalue weighted by Crippen LogP contribution is 2.22. The minimum absolute atomic E-state index is 0.0289. The molecular formula is C10H9IN2O. The minimum Gasteiger partial charge on any atom is -0.313 e. The van der Waals surface area contributed by atoms with Crippen LogP contribution < -0.4 is 4.90 Å². The van der Waals surface area contributed by atoms with Gasteiger partial charge in [0.15, 0.2) is 0 Å². The van der Waals surface area contributed by atoms with Gasteiger partial charge < -0.3 is 4.90 Å². The summed E-state index contributed by atoms with van der Waals surface area (Å²) in [5.41, 5.74) is 1.93. The zero-order chi connectivity index (χ0) is 10.1. The molecule has 0 fully saturated rings. The van der Waals surface area contributed by atoms with E-state index in [2.05, 4.69) is 27.6 Å². The first kappa shape index (κ1) is 9.64. The first-order valence-corrected chi connectivity index (χ1v) is 5.32. The lowest BCUT2D eigenvalue weighted by Crippen LogP contribution is -2.27. The van der Waals surface area contributed by atoms with E-state index in [4.69, 9.17) is 0 Å². The van der Waals surface area contributed by atoms with Crippen molar-refractivity contribution in [3.8, 4) is 0 Å². The largest absolute Gasteiger partial charge is 0.313 e. The predicted molar refractivity (Wildman–Crippen MR) is 65.0 cm³/mol. The van der Waals surface area contributed by atoms with Gasteiger partial charge in [0, 0.05) is 22.4 Å². The standard InChI is InChI=1S/C10H9IN2O/c1-13-9-3-2-8(11)4-7(9)5-12-6-10(13)14/h2-5H,6H2,1H3. The molecule has 0 bridgehead atoms. The summed E-state index contributed by atoms with van der Waals surface area (Å²) in [4.78, 5) is 17.2. The zero-order valence-electron chi connectivity index (χ0n) is 7.70. The summed E-state index contributed by atoms with van der Waals surface area (Å²) in [6.45, 7) is 0.238. The number of likely N-dealkylation sites (N-methyl/N-ethyl adjacent to an activating group) is 1. The Morgan fingerprint density at radius 1 is 1.50 bits per heavy atom. The van der Waals surface area contributed by atoms with Gasteiger partial charge in [0.25, 0.3) is 0 Å². The fraction of sp³-hybridized carbons (Fsp3) is 0.200. The topological polar surface area (TPSA) is 32.7 Å². The molecular weight excluding hydrogens is 291 g/mol. The lowest BCUT2D eigenvalue weighted by molar-refractivity contribution is -0.116. The molecule has 1 aliphatic rings. The summed E-state index contributed by atoms with van der Waals surface area (Å²) in [5, 5.41) is 0. The van der Waals surface area contributed by atoms with Gasteiger partial charge in [-0.05, 0) is 40.8 Å². The quantitative estimate of drug-likeness (QED) is 0.671. The van der Waals surface area contributed by atoms with Crippen LogP contribution in [0.3, 0.4) is 0 Å². The maximum atomic E-state index is 11.5. The van der Waals surface area contributed by atoms with Crippen LogP contribution in [0.2, 0.25) is 0 Å². The number of halogens is 1. The summed E-state index contributed by atoms with van der Waals surface area (Å²) in [7, 11) is 1.78. The smallest absolute Gasteiger partial charge is 0.248 e. The number of hydrogen-bond donors (Lipinski definition) is 0. The average Bonchev–Trinajstić information content (AvgIpc) is 2.28. The monoisotopic (exact) mass is 300 g/mol. The lowest BCUT2D eigenvalue weighted by Gasteiger charge is -2.16. The van der Waals surface area contributed by atoms with Gasteiger partial charge in [-0.25, -0.2) is 0 Å². The number of benzodiazepines with no additional fused rings is 1. The van der Waals surface area contributed by atoms with E-state index in [1.54, 1.807) is 18.2 Å². The van der Waals surface area contributed by atoms with Crippen molar-refractivity contribution in [1.82, 2.24) is 0 Å². The molecule has 0 saturated heterocycles. The fourth-order valence-electron chi connectivity index (χ4n) is 1.40. The van der Waals surface area contributed by atoms with Gasteiger partial charge in [0.05, 0.1) is 5.69 Å². The Balaban J connectivity index is 2.56. The molecule has 0 radical (unpaired) electrons. The van der Waals surface area contributed by atoms with Gasteiger partial charge in [-0.2, -0.15) is 0 Å². The lowest BCUT2D eigenvalue weighted by atomic mass is 10.2. The van der Waals surface area contributed by atoms with Crippen molar-refractivity contribution in [1.29, 1.82) is 0 Å². The van der Waals surface area contributed by atoms with Gasteiger partial charge in [0.2, 0.25) is 5.91 Å². The molecule has 14 heavy (non-hydrogen) atoms. The van der Waals surface area contributed by atoms with E-state index in [0.29, 0.717) is 0 Å². The number of amides is 1. The van der Waals surface area contributed by atoms with E-state index in [1.165, 1.54) is 0 Å². The minimum atomic E-state index is 0.0289. The summed E-state index contributed by atoms with van der Waals surface area (Å²) in [6, 6.07) is 5.96. The Hall–Kier alpha value is -0.910. The fourth-order valence-corrected chi connectivity index (χ4v) is 1.91. The number of hydrogen-bond acceptors (Lipinski definition) is 2. The van der Waals surface area contributed by atoms with Gasteiger partial charge in [-0.1, -0.05) is 0 Å². The van der Waals surface area contributed by atoms with Gasteiger partial charge in [0.1, 0.15) is 6.54 Å². The Bertz CT molecular complexity index is 415. The van der Waals surface area contributed by atoms with Crippen LogP contribution in [-0.4, -0.2) is 25.7 Å². The highest BCUT2D eigenvalue weighted by molar-refractivity contribution is 14.1. The highest BCUT2D eigenvalue weighted by atomic mass is 127. The molecule has 0 unspecified atom stereocenters. The van der Waals surface area contributed by atoms with Crippen molar-refractivity contribution in [3.63, 3.8) is 0 Å². The Kier molecular flexibility index (Phi) is 2.54. The number of anilines is 1. The summed E-state index contributed by atoms with van der Waals surface area (Å²) in [6.07, 6.45) is 1.76. The molecule has 3 nitrogen and oxygen atoms in total. The SMILES string of the molecule is CN1C(=O)CN=Cc2cc(I)ccc21. The van der Waals surface area contributed by atoms with Crippen LogP contribution in [0.1, 0.15) is 5.56 Å². The first-order chi connectivity index (χ1) is 6.68. The van der Waals surface area contributed by atoms with Crippen LogP contribution >= 0.6 is 22.6 Å². The second-order valence-corrected chi connectivity index (χ2v) is 4.37. The molecule has 1 aromatic carbocycles. The van der Waals surface area contributed by atoms with Crippen molar-refractivity contribution in [2.75, 3.05) is 18.5 Å². The van der Waals surface area contributed by atoms with Crippen LogP contribution in [0.15, 0.2) is 23.2 Å². The van der Waals surface area contributed by atoms with E-state index in [0.717, 1.165) is 14.8 Å². The molecule has 0 atom stereocenters. The molecule has 1 aromatic rings. The molecule has 1 amide bonds. The van der Waals surface area contributed by atoms with Crippen molar-refractivity contribution >= 4 is 40.4 Å². The third-order valence-corrected chi connectivity index (χ3v) is 2.85. The van der Waals surface area contributed by atoms with E-state index in [9.17, 15) is 4.79 Å². The van der Waals surface area contributed by atoms with Crippen molar-refractivity contribution < 1.29 is 4.79 Å². The van der Waals surface area contributed by atoms with Crippen LogP contribution in [0.5, 0.6) is 0 Å². The number of carbonyl (C=O) groups excluding carboxylic acids is 1. The van der Waals surface area contributed by atoms with Gasteiger partial charge in [-0.3, -0.25) is 9.79 Å². The van der Waals surface area contributed by atoms with Crippen molar-refractivity contribution in [3.05, 3.63) is 27.3 Å². The highest BCUT2D eigenvalue weighted by Gasteiger charge is 2.15. The number of rotatable bonds is 0. The van der Waals surface area contributed by atoms with E-state index >= 15 is 0 Å². The molecule has 2 rings (SSSR count). The third kappa shape index (κ3) is 1.66. The number of carbonyl (C=O) groups is 1. The normalized spacial score (nSPS) is 15.3. The summed E-state index contributed by atoms with van der Waals surface area (Å²) >= 11 is 2.25.